The van der Waals surface area contributed by atoms with Crippen molar-refractivity contribution in [3.05, 3.63) is 64.7 Å². The van der Waals surface area contributed by atoms with Gasteiger partial charge in [0.25, 0.3) is 5.91 Å². The van der Waals surface area contributed by atoms with Gasteiger partial charge in [-0.1, -0.05) is 71.4 Å². The predicted octanol–water partition coefficient (Wildman–Crippen LogP) is 4.25. The zero-order chi connectivity index (χ0) is 36.8. The van der Waals surface area contributed by atoms with Gasteiger partial charge in [-0.2, -0.15) is 8.78 Å². The molecule has 14 heteroatoms. The Bertz CT molecular complexity index is 1400. The average molecular weight is 696 g/mol. The topological polar surface area (TPSA) is 149 Å². The molecular weight excluding hydrogens is 646 g/mol. The van der Waals surface area contributed by atoms with E-state index in [1.807, 2.05) is 58.0 Å². The molecule has 0 heterocycles. The first-order chi connectivity index (χ1) is 23.2. The molecule has 0 aliphatic carbocycles. The summed E-state index contributed by atoms with van der Waals surface area (Å²) in [5.41, 5.74) is -0.758. The molecule has 0 spiro atoms. The van der Waals surface area contributed by atoms with Crippen molar-refractivity contribution >= 4 is 23.6 Å². The minimum absolute atomic E-state index is 0.138. The third kappa shape index (κ3) is 11.7. The largest absolute Gasteiger partial charge is 0.503 e. The molecule has 1 unspecified atom stereocenters. The highest BCUT2D eigenvalue weighted by Gasteiger charge is 2.35. The summed E-state index contributed by atoms with van der Waals surface area (Å²) in [4.78, 5) is 52.9. The number of phenolic OH excluding ortho intramolecular Hbond substituents is 1. The summed E-state index contributed by atoms with van der Waals surface area (Å²) < 4.78 is 57.1. The molecule has 0 aliphatic heterocycles. The van der Waals surface area contributed by atoms with Crippen molar-refractivity contribution in [2.45, 2.75) is 97.8 Å². The molecule has 2 rings (SSSR count). The normalized spacial score (nSPS) is 14.3. The van der Waals surface area contributed by atoms with Crippen molar-refractivity contribution in [3.63, 3.8) is 0 Å². The van der Waals surface area contributed by atoms with E-state index in [1.165, 1.54) is 0 Å². The van der Waals surface area contributed by atoms with Gasteiger partial charge in [-0.15, -0.1) is 0 Å². The number of phenols is 1. The third-order valence-electron chi connectivity index (χ3n) is 8.24. The average Bonchev–Trinajstić information content (AvgIpc) is 3.07. The van der Waals surface area contributed by atoms with Gasteiger partial charge in [-0.25, -0.2) is 8.78 Å². The summed E-state index contributed by atoms with van der Waals surface area (Å²) in [6, 6.07) is 5.69. The molecule has 0 saturated heterocycles. The summed E-state index contributed by atoms with van der Waals surface area (Å²) in [5.74, 6) is -14.2. The van der Waals surface area contributed by atoms with Crippen molar-refractivity contribution in [2.75, 3.05) is 13.1 Å². The van der Waals surface area contributed by atoms with Crippen molar-refractivity contribution < 1.29 is 41.8 Å². The van der Waals surface area contributed by atoms with Crippen molar-refractivity contribution in [2.24, 2.45) is 11.8 Å². The standard InChI is InChI=1S/C35H49F4N5O5/c1-7-20(6)30(44-34(48)25-26(36)28(38)31(45)29(39)27(25)37)35(49)43-24(16-15-21-13-11-10-12-14-21)33(47)42-22(17-19(4)5)18-41-23(8-2)32(46)40-9-3/h10-14,19-20,22-24,30,41,45H,7-9,15-18H2,1-6H3,(H,40,46)(H,42,47)(H,43,49)(H,44,48)/t20?,22-,23-,24-,30-/m0/s1. The van der Waals surface area contributed by atoms with Crippen LogP contribution in [0.1, 0.15) is 83.1 Å². The maximum Gasteiger partial charge on any atom is 0.258 e. The molecule has 0 bridgehead atoms. The van der Waals surface area contributed by atoms with Crippen molar-refractivity contribution in [1.82, 2.24) is 26.6 Å². The maximum absolute atomic E-state index is 14.5. The van der Waals surface area contributed by atoms with Gasteiger partial charge < -0.3 is 31.7 Å². The Morgan fingerprint density at radius 1 is 0.755 bits per heavy atom. The number of aromatic hydroxyl groups is 1. The van der Waals surface area contributed by atoms with E-state index >= 15 is 0 Å². The number of halogens is 4. The minimum Gasteiger partial charge on any atom is -0.503 e. The van der Waals surface area contributed by atoms with E-state index in [0.717, 1.165) is 5.56 Å². The lowest BCUT2D eigenvalue weighted by molar-refractivity contribution is -0.131. The fourth-order valence-electron chi connectivity index (χ4n) is 5.29. The van der Waals surface area contributed by atoms with Crippen molar-refractivity contribution in [1.29, 1.82) is 0 Å². The van der Waals surface area contributed by atoms with Crippen LogP contribution < -0.4 is 26.6 Å². The van der Waals surface area contributed by atoms with E-state index in [1.54, 1.807) is 13.8 Å². The van der Waals surface area contributed by atoms with Gasteiger partial charge >= 0.3 is 0 Å². The lowest BCUT2D eigenvalue weighted by Gasteiger charge is -2.29. The number of benzene rings is 2. The second kappa shape index (κ2) is 19.7. The van der Waals surface area contributed by atoms with Crippen LogP contribution in [0.25, 0.3) is 0 Å². The van der Waals surface area contributed by atoms with Crippen molar-refractivity contribution in [3.8, 4) is 5.75 Å². The van der Waals surface area contributed by atoms with Crippen LogP contribution in [0.15, 0.2) is 30.3 Å². The first kappa shape index (κ1) is 41.0. The molecule has 6 N–H and O–H groups in total. The molecule has 5 atom stereocenters. The van der Waals surface area contributed by atoms with Crippen LogP contribution in [0, 0.1) is 35.1 Å². The molecule has 2 aromatic rings. The number of carbonyl (C=O) groups excluding carboxylic acids is 4. The minimum atomic E-state index is -2.16. The van der Waals surface area contributed by atoms with Crippen LogP contribution in [-0.2, 0) is 20.8 Å². The number of carbonyl (C=O) groups is 4. The predicted molar refractivity (Wildman–Crippen MR) is 177 cm³/mol. The van der Waals surface area contributed by atoms with E-state index in [-0.39, 0.29) is 31.2 Å². The zero-order valence-corrected chi connectivity index (χ0v) is 28.9. The van der Waals surface area contributed by atoms with Crippen LogP contribution >= 0.6 is 0 Å². The van der Waals surface area contributed by atoms with E-state index in [2.05, 4.69) is 26.6 Å². The summed E-state index contributed by atoms with van der Waals surface area (Å²) in [7, 11) is 0. The number of nitrogens with one attached hydrogen (secondary N) is 5. The Morgan fingerprint density at radius 2 is 1.37 bits per heavy atom. The molecule has 49 heavy (non-hydrogen) atoms. The Morgan fingerprint density at radius 3 is 1.90 bits per heavy atom. The lowest BCUT2D eigenvalue weighted by Crippen LogP contribution is -2.58. The van der Waals surface area contributed by atoms with E-state index in [0.29, 0.717) is 25.8 Å². The molecule has 272 valence electrons. The number of likely N-dealkylation sites (N-methyl/N-ethyl adjacent to an activating group) is 1. The van der Waals surface area contributed by atoms with Gasteiger partial charge in [-0.3, -0.25) is 19.2 Å². The van der Waals surface area contributed by atoms with Crippen LogP contribution in [0.3, 0.4) is 0 Å². The third-order valence-corrected chi connectivity index (χ3v) is 8.24. The highest BCUT2D eigenvalue weighted by molar-refractivity contribution is 5.99. The monoisotopic (exact) mass is 695 g/mol. The number of hydrogen-bond acceptors (Lipinski definition) is 6. The van der Waals surface area contributed by atoms with E-state index in [9.17, 15) is 41.8 Å². The zero-order valence-electron chi connectivity index (χ0n) is 28.9. The summed E-state index contributed by atoms with van der Waals surface area (Å²) in [6.07, 6.45) is 1.87. The molecule has 10 nitrogen and oxygen atoms in total. The van der Waals surface area contributed by atoms with Crippen LogP contribution in [-0.4, -0.2) is 66.0 Å². The lowest BCUT2D eigenvalue weighted by atomic mass is 9.96. The Balaban J connectivity index is 2.36. The molecular formula is C35H49F4N5O5. The first-order valence-corrected chi connectivity index (χ1v) is 16.7. The smallest absolute Gasteiger partial charge is 0.258 e. The second-order valence-electron chi connectivity index (χ2n) is 12.5. The number of aryl methyl sites for hydroxylation is 1. The number of amides is 4. The van der Waals surface area contributed by atoms with Gasteiger partial charge in [0.15, 0.2) is 17.4 Å². The van der Waals surface area contributed by atoms with Crippen LogP contribution in [0.4, 0.5) is 17.6 Å². The van der Waals surface area contributed by atoms with Gasteiger partial charge in [-0.05, 0) is 50.0 Å². The van der Waals surface area contributed by atoms with Crippen LogP contribution in [0.5, 0.6) is 5.75 Å². The molecule has 0 aliphatic rings. The quantitative estimate of drug-likeness (QED) is 0.0957. The van der Waals surface area contributed by atoms with Crippen LogP contribution in [0.2, 0.25) is 0 Å². The van der Waals surface area contributed by atoms with Gasteiger partial charge in [0, 0.05) is 19.1 Å². The van der Waals surface area contributed by atoms with E-state index in [4.69, 9.17) is 0 Å². The molecule has 0 aromatic heterocycles. The van der Waals surface area contributed by atoms with E-state index < -0.39 is 82.4 Å². The van der Waals surface area contributed by atoms with Gasteiger partial charge in [0.2, 0.25) is 29.4 Å². The Labute approximate surface area is 285 Å². The summed E-state index contributed by atoms with van der Waals surface area (Å²) >= 11 is 0. The molecule has 0 saturated carbocycles. The molecule has 2 aromatic carbocycles. The Kier molecular flexibility index (Phi) is 16.5. The second-order valence-corrected chi connectivity index (χ2v) is 12.5. The number of hydrogen-bond donors (Lipinski definition) is 6. The highest BCUT2D eigenvalue weighted by Crippen LogP contribution is 2.29. The molecule has 4 amide bonds. The maximum atomic E-state index is 14.5. The fourth-order valence-corrected chi connectivity index (χ4v) is 5.29. The molecule has 0 radical (unpaired) electrons. The summed E-state index contributed by atoms with van der Waals surface area (Å²) in [6.45, 7) is 11.6. The highest BCUT2D eigenvalue weighted by atomic mass is 19.2. The number of rotatable bonds is 19. The fraction of sp³-hybridized carbons (Fsp3) is 0.543. The Hall–Kier alpha value is -4.20. The summed E-state index contributed by atoms with van der Waals surface area (Å²) in [5, 5.41) is 23.1. The molecule has 0 fully saturated rings. The first-order valence-electron chi connectivity index (χ1n) is 16.7. The SMILES string of the molecule is CCNC(=O)[C@H](CC)NC[C@H](CC(C)C)NC(=O)[C@H](CCc1ccccc1)NC(=O)[C@@H](NC(=O)c1c(F)c(F)c(O)c(F)c1F)C(C)CC. The van der Waals surface area contributed by atoms with Gasteiger partial charge in [0.1, 0.15) is 17.6 Å². The van der Waals surface area contributed by atoms with Gasteiger partial charge in [0.05, 0.1) is 6.04 Å².